The maximum atomic E-state index is 13.8. The van der Waals surface area contributed by atoms with E-state index in [2.05, 4.69) is 97.0 Å². The lowest BCUT2D eigenvalue weighted by Gasteiger charge is -2.47. The molecule has 0 amide bonds. The van der Waals surface area contributed by atoms with E-state index < -0.39 is 0 Å². The van der Waals surface area contributed by atoms with Crippen LogP contribution >= 0.6 is 0 Å². The number of hydrogen-bond donors (Lipinski definition) is 1. The zero-order chi connectivity index (χ0) is 28.4. The molecular weight excluding hydrogens is 496 g/mol. The van der Waals surface area contributed by atoms with Crippen LogP contribution in [0.25, 0.3) is 10.9 Å². The quantitative estimate of drug-likeness (QED) is 0.426. The lowest BCUT2D eigenvalue weighted by atomic mass is 9.79. The fourth-order valence-electron chi connectivity index (χ4n) is 6.95. The van der Waals surface area contributed by atoms with Gasteiger partial charge in [-0.3, -0.25) is 19.2 Å². The molecule has 2 aliphatic heterocycles. The molecule has 2 aliphatic rings. The molecule has 3 heterocycles. The first kappa shape index (κ1) is 28.4. The number of rotatable bonds is 8. The number of fused-ring (bicyclic) bond motifs is 1. The number of hydrogen-bond acceptors (Lipinski definition) is 6. The highest BCUT2D eigenvalue weighted by atomic mass is 16.1. The molecule has 0 radical (unpaired) electrons. The number of piperazine rings is 1. The van der Waals surface area contributed by atoms with Crippen molar-refractivity contribution in [3.8, 4) is 0 Å². The van der Waals surface area contributed by atoms with Gasteiger partial charge in [-0.2, -0.15) is 0 Å². The van der Waals surface area contributed by atoms with Gasteiger partial charge in [0, 0.05) is 55.7 Å². The summed E-state index contributed by atoms with van der Waals surface area (Å²) in [4.78, 5) is 26.3. The van der Waals surface area contributed by atoms with E-state index in [4.69, 9.17) is 4.98 Å². The molecule has 0 saturated carbocycles. The van der Waals surface area contributed by atoms with Crippen LogP contribution in [0.5, 0.6) is 0 Å². The molecule has 7 nitrogen and oxygen atoms in total. The second-order valence-corrected chi connectivity index (χ2v) is 11.9. The Morgan fingerprint density at radius 2 is 1.85 bits per heavy atom. The Labute approximate surface area is 239 Å². The lowest BCUT2D eigenvalue weighted by Crippen LogP contribution is -2.50. The Morgan fingerprint density at radius 3 is 2.48 bits per heavy atom. The smallest absolute Gasteiger partial charge is 0.261 e. The monoisotopic (exact) mass is 542 g/mol. The molecule has 0 aliphatic carbocycles. The van der Waals surface area contributed by atoms with E-state index in [9.17, 15) is 4.79 Å². The van der Waals surface area contributed by atoms with Crippen molar-refractivity contribution >= 4 is 16.6 Å². The summed E-state index contributed by atoms with van der Waals surface area (Å²) >= 11 is 0. The molecule has 1 aromatic heterocycles. The van der Waals surface area contributed by atoms with Crippen LogP contribution in [0.15, 0.2) is 65.6 Å². The topological polar surface area (TPSA) is 56.6 Å². The third-order valence-electron chi connectivity index (χ3n) is 9.06. The van der Waals surface area contributed by atoms with Crippen molar-refractivity contribution in [3.05, 3.63) is 82.5 Å². The highest BCUT2D eigenvalue weighted by molar-refractivity contribution is 5.82. The molecule has 5 rings (SSSR count). The zero-order valence-electron chi connectivity index (χ0n) is 25.0. The lowest BCUT2D eigenvalue weighted by molar-refractivity contribution is 0.115. The predicted octanol–water partition coefficient (Wildman–Crippen LogP) is 5.12. The number of piperidine rings is 1. The third kappa shape index (κ3) is 5.29. The van der Waals surface area contributed by atoms with Crippen LogP contribution in [0, 0.1) is 0 Å². The summed E-state index contributed by atoms with van der Waals surface area (Å²) in [7, 11) is 4.40. The number of nitrogens with one attached hydrogen (secondary N) is 1. The van der Waals surface area contributed by atoms with E-state index in [1.165, 1.54) is 5.56 Å². The van der Waals surface area contributed by atoms with Crippen molar-refractivity contribution in [2.75, 3.05) is 45.2 Å². The minimum atomic E-state index is 0.0344. The summed E-state index contributed by atoms with van der Waals surface area (Å²) in [5.41, 5.74) is 4.46. The van der Waals surface area contributed by atoms with E-state index in [0.29, 0.717) is 18.0 Å². The minimum absolute atomic E-state index is 0.0344. The van der Waals surface area contributed by atoms with Crippen molar-refractivity contribution in [1.29, 1.82) is 0 Å². The Hall–Kier alpha value is -3.16. The van der Waals surface area contributed by atoms with Crippen LogP contribution in [0.2, 0.25) is 0 Å². The number of aromatic nitrogens is 2. The van der Waals surface area contributed by atoms with Gasteiger partial charge in [0.1, 0.15) is 5.82 Å². The summed E-state index contributed by atoms with van der Waals surface area (Å²) in [6.07, 6.45) is 4.06. The van der Waals surface area contributed by atoms with Crippen molar-refractivity contribution < 1.29 is 0 Å². The Balaban J connectivity index is 1.48. The van der Waals surface area contributed by atoms with Gasteiger partial charge in [0.25, 0.3) is 5.56 Å². The van der Waals surface area contributed by atoms with E-state index in [0.717, 1.165) is 74.6 Å². The summed E-state index contributed by atoms with van der Waals surface area (Å²) in [5.74, 6) is 0.884. The van der Waals surface area contributed by atoms with E-state index in [1.54, 1.807) is 0 Å². The van der Waals surface area contributed by atoms with Crippen molar-refractivity contribution in [2.45, 2.75) is 70.6 Å². The van der Waals surface area contributed by atoms with Crippen molar-refractivity contribution in [1.82, 2.24) is 24.7 Å². The number of benzene rings is 2. The third-order valence-corrected chi connectivity index (χ3v) is 9.06. The molecule has 1 N–H and O–H groups in total. The van der Waals surface area contributed by atoms with Crippen LogP contribution in [-0.4, -0.2) is 65.7 Å². The molecule has 0 bridgehead atoms. The maximum absolute atomic E-state index is 13.8. The molecule has 40 heavy (non-hydrogen) atoms. The number of anilines is 1. The average Bonchev–Trinajstić information content (AvgIpc) is 2.95. The molecule has 214 valence electrons. The fourth-order valence-corrected chi connectivity index (χ4v) is 6.95. The molecule has 7 heteroatoms. The first-order valence-corrected chi connectivity index (χ1v) is 15.0. The molecule has 3 aromatic rings. The van der Waals surface area contributed by atoms with Crippen LogP contribution in [0.1, 0.15) is 63.9 Å². The molecule has 2 aromatic carbocycles. The summed E-state index contributed by atoms with van der Waals surface area (Å²) in [6.45, 7) is 14.9. The first-order valence-electron chi connectivity index (χ1n) is 15.0. The van der Waals surface area contributed by atoms with Gasteiger partial charge >= 0.3 is 0 Å². The van der Waals surface area contributed by atoms with Crippen molar-refractivity contribution in [2.24, 2.45) is 0 Å². The number of nitrogens with zero attached hydrogens (tertiary/aromatic N) is 5. The van der Waals surface area contributed by atoms with Crippen molar-refractivity contribution in [3.63, 3.8) is 0 Å². The minimum Gasteiger partial charge on any atom is -0.384 e. The van der Waals surface area contributed by atoms with Gasteiger partial charge in [-0.1, -0.05) is 50.3 Å². The zero-order valence-corrected chi connectivity index (χ0v) is 25.0. The van der Waals surface area contributed by atoms with Crippen LogP contribution in [0.4, 0.5) is 5.69 Å². The summed E-state index contributed by atoms with van der Waals surface area (Å²) < 4.78 is 1.89. The highest BCUT2D eigenvalue weighted by Crippen LogP contribution is 2.39. The molecular formula is C33H46N6O. The molecule has 0 spiro atoms. The molecule has 2 saturated heterocycles. The molecule has 2 fully saturated rings. The van der Waals surface area contributed by atoms with E-state index in [1.807, 2.05) is 17.6 Å². The predicted molar refractivity (Wildman–Crippen MR) is 166 cm³/mol. The summed E-state index contributed by atoms with van der Waals surface area (Å²) in [6, 6.07) is 17.5. The normalized spacial score (nSPS) is 20.6. The largest absolute Gasteiger partial charge is 0.384 e. The highest BCUT2D eigenvalue weighted by Gasteiger charge is 2.38. The standard InChI is InChI=1S/C33H46N6O/c1-7-12-30(38-22-24(3)34-25(4)23-38)31-35-29-21-27(15-16-28(29)32(40)39(31)8-2)37-19-17-33(18-20-37,36(5)6)26-13-10-9-11-14-26/h9-11,13-16,21,25,30,34H,3,7-8,12,17-20,22-23H2,1-2,4-6H3/t25-,30?/m0/s1. The molecule has 2 atom stereocenters. The van der Waals surface area contributed by atoms with Gasteiger partial charge in [0.15, 0.2) is 0 Å². The molecule has 1 unspecified atom stereocenters. The van der Waals surface area contributed by atoms with Gasteiger partial charge in [-0.25, -0.2) is 4.98 Å². The van der Waals surface area contributed by atoms with Crippen LogP contribution in [-0.2, 0) is 12.1 Å². The first-order chi connectivity index (χ1) is 19.3. The van der Waals surface area contributed by atoms with Gasteiger partial charge in [0.2, 0.25) is 0 Å². The average molecular weight is 543 g/mol. The second kappa shape index (κ2) is 11.8. The second-order valence-electron chi connectivity index (χ2n) is 11.9. The Bertz CT molecular complexity index is 1390. The summed E-state index contributed by atoms with van der Waals surface area (Å²) in [5, 5.41) is 4.16. The SMILES string of the molecule is C=C1CN(C(CCC)c2nc3cc(N4CCC(c5ccccc5)(N(C)C)CC4)ccc3c(=O)n2CC)C[C@H](C)N1. The maximum Gasteiger partial charge on any atom is 0.261 e. The van der Waals surface area contributed by atoms with Gasteiger partial charge < -0.3 is 10.2 Å². The Kier molecular flexibility index (Phi) is 8.34. The van der Waals surface area contributed by atoms with E-state index in [-0.39, 0.29) is 17.1 Å². The van der Waals surface area contributed by atoms with Crippen LogP contribution in [0.3, 0.4) is 0 Å². The van der Waals surface area contributed by atoms with E-state index >= 15 is 0 Å². The van der Waals surface area contributed by atoms with Gasteiger partial charge in [-0.15, -0.1) is 0 Å². The van der Waals surface area contributed by atoms with Gasteiger partial charge in [0.05, 0.1) is 16.9 Å². The Morgan fingerprint density at radius 1 is 1.12 bits per heavy atom. The van der Waals surface area contributed by atoms with Crippen LogP contribution < -0.4 is 15.8 Å². The fraction of sp³-hybridized carbons (Fsp3) is 0.515. The van der Waals surface area contributed by atoms with Gasteiger partial charge in [-0.05, 0) is 71.0 Å².